The molecule has 0 aliphatic carbocycles. The van der Waals surface area contributed by atoms with E-state index in [0.29, 0.717) is 13.0 Å². The molecular weight excluding hydrogens is 764 g/mol. The maximum absolute atomic E-state index is 12.6. The molecule has 340 valence electrons. The standard InChI is InChI=1S/C49H85O9P/c1-3-5-7-9-11-13-15-17-19-21-23-24-26-28-30-32-34-36-38-40-42-55-45-48(46-57-59(53,54)56-44-47(51)43-50)58-49(52)41-39-37-35-33-31-29-27-25-22-20-18-16-14-12-10-8-6-4-2/h5,7,11,13,17,19-20,22-24,28,30,34,36,47-48,50-51H,3-4,6,8-10,12,14-16,18,21,25-27,29,31-33,35,37-46H2,1-2H3,(H,53,54)/b7-5-,13-11-,19-17-,22-20-,24-23-,30-28-,36-34-. The number of hydrogen-bond acceptors (Lipinski definition) is 8. The Morgan fingerprint density at radius 2 is 0.966 bits per heavy atom. The van der Waals surface area contributed by atoms with E-state index in [1.54, 1.807) is 0 Å². The van der Waals surface area contributed by atoms with Gasteiger partial charge in [0.1, 0.15) is 12.2 Å². The highest BCUT2D eigenvalue weighted by molar-refractivity contribution is 7.47. The Bertz CT molecular complexity index is 1190. The van der Waals surface area contributed by atoms with E-state index in [1.165, 1.54) is 70.6 Å². The van der Waals surface area contributed by atoms with Crippen molar-refractivity contribution in [3.8, 4) is 0 Å². The number of ether oxygens (including phenoxy) is 2. The summed E-state index contributed by atoms with van der Waals surface area (Å²) >= 11 is 0. The first-order valence-corrected chi connectivity index (χ1v) is 24.6. The predicted octanol–water partition coefficient (Wildman–Crippen LogP) is 13.1. The van der Waals surface area contributed by atoms with Crippen LogP contribution in [0.2, 0.25) is 0 Å². The number of esters is 1. The van der Waals surface area contributed by atoms with Gasteiger partial charge in [0, 0.05) is 13.0 Å². The predicted molar refractivity (Wildman–Crippen MR) is 246 cm³/mol. The molecule has 0 fully saturated rings. The van der Waals surface area contributed by atoms with Crippen molar-refractivity contribution >= 4 is 13.8 Å². The summed E-state index contributed by atoms with van der Waals surface area (Å²) in [6.45, 7) is 3.23. The first kappa shape index (κ1) is 56.6. The zero-order valence-electron chi connectivity index (χ0n) is 37.2. The summed E-state index contributed by atoms with van der Waals surface area (Å²) in [6, 6.07) is 0. The van der Waals surface area contributed by atoms with Crippen LogP contribution in [0.15, 0.2) is 85.1 Å². The number of rotatable bonds is 43. The number of allylic oxidation sites excluding steroid dienone is 14. The van der Waals surface area contributed by atoms with Crippen molar-refractivity contribution in [2.45, 2.75) is 187 Å². The average Bonchev–Trinajstić information content (AvgIpc) is 3.23. The molecule has 3 N–H and O–H groups in total. The van der Waals surface area contributed by atoms with Crippen molar-refractivity contribution in [1.82, 2.24) is 0 Å². The number of aliphatic hydroxyl groups is 2. The third kappa shape index (κ3) is 45.0. The molecule has 0 spiro atoms. The Kier molecular flexibility index (Phi) is 43.4. The van der Waals surface area contributed by atoms with E-state index in [2.05, 4.69) is 98.9 Å². The van der Waals surface area contributed by atoms with Crippen LogP contribution in [-0.4, -0.2) is 66.3 Å². The van der Waals surface area contributed by atoms with Gasteiger partial charge in [0.05, 0.1) is 26.4 Å². The molecule has 0 aromatic heterocycles. The molecule has 0 aliphatic heterocycles. The Hall–Kier alpha value is -2.36. The van der Waals surface area contributed by atoms with E-state index >= 15 is 0 Å². The number of phosphoric ester groups is 1. The van der Waals surface area contributed by atoms with Crippen LogP contribution in [0.5, 0.6) is 0 Å². The van der Waals surface area contributed by atoms with Crippen LogP contribution in [-0.2, 0) is 27.9 Å². The van der Waals surface area contributed by atoms with Crippen molar-refractivity contribution in [2.75, 3.05) is 33.0 Å². The average molecular weight is 849 g/mol. The minimum Gasteiger partial charge on any atom is -0.457 e. The minimum absolute atomic E-state index is 0.00304. The molecule has 0 heterocycles. The lowest BCUT2D eigenvalue weighted by molar-refractivity contribution is -0.154. The molecule has 0 saturated heterocycles. The Morgan fingerprint density at radius 3 is 1.47 bits per heavy atom. The number of aliphatic hydroxyl groups excluding tert-OH is 2. The molecule has 9 nitrogen and oxygen atoms in total. The smallest absolute Gasteiger partial charge is 0.457 e. The summed E-state index contributed by atoms with van der Waals surface area (Å²) in [5.41, 5.74) is 0. The molecule has 0 bridgehead atoms. The number of carbonyl (C=O) groups is 1. The van der Waals surface area contributed by atoms with E-state index in [4.69, 9.17) is 23.6 Å². The second-order valence-electron chi connectivity index (χ2n) is 15.0. The van der Waals surface area contributed by atoms with Crippen molar-refractivity contribution in [1.29, 1.82) is 0 Å². The van der Waals surface area contributed by atoms with Gasteiger partial charge in [-0.15, -0.1) is 0 Å². The lowest BCUT2D eigenvalue weighted by atomic mass is 10.1. The SMILES string of the molecule is CC/C=C\C/C=C\C/C=C\C/C=C\C/C=C\C/C=C\CCCOCC(COP(=O)(O)OCC(O)CO)OC(=O)CCCCCCCCC/C=C\CCCCCCCCC. The second-order valence-corrected chi connectivity index (χ2v) is 16.5. The third-order valence-electron chi connectivity index (χ3n) is 9.31. The van der Waals surface area contributed by atoms with Crippen molar-refractivity contribution in [2.24, 2.45) is 0 Å². The van der Waals surface area contributed by atoms with Crippen LogP contribution in [0, 0.1) is 0 Å². The second kappa shape index (κ2) is 45.2. The molecule has 0 radical (unpaired) electrons. The number of hydrogen-bond donors (Lipinski definition) is 3. The maximum atomic E-state index is 12.6. The fraction of sp³-hybridized carbons (Fsp3) is 0.694. The van der Waals surface area contributed by atoms with E-state index in [9.17, 15) is 19.4 Å². The highest BCUT2D eigenvalue weighted by atomic mass is 31.2. The molecule has 0 rings (SSSR count). The number of carbonyl (C=O) groups excluding carboxylic acids is 1. The topological polar surface area (TPSA) is 132 Å². The van der Waals surface area contributed by atoms with Crippen molar-refractivity contribution in [3.63, 3.8) is 0 Å². The highest BCUT2D eigenvalue weighted by Gasteiger charge is 2.26. The van der Waals surface area contributed by atoms with Gasteiger partial charge in [-0.05, 0) is 83.5 Å². The fourth-order valence-electron chi connectivity index (χ4n) is 5.84. The molecule has 10 heteroatoms. The Labute approximate surface area is 360 Å². The lowest BCUT2D eigenvalue weighted by Gasteiger charge is -2.20. The van der Waals surface area contributed by atoms with Crippen LogP contribution in [0.1, 0.15) is 174 Å². The summed E-state index contributed by atoms with van der Waals surface area (Å²) in [7, 11) is -4.54. The summed E-state index contributed by atoms with van der Waals surface area (Å²) in [5, 5.41) is 18.4. The molecule has 0 aliphatic rings. The van der Waals surface area contributed by atoms with Gasteiger partial charge >= 0.3 is 13.8 Å². The molecule has 59 heavy (non-hydrogen) atoms. The third-order valence-corrected chi connectivity index (χ3v) is 10.3. The molecule has 3 atom stereocenters. The fourth-order valence-corrected chi connectivity index (χ4v) is 6.63. The van der Waals surface area contributed by atoms with Crippen LogP contribution >= 0.6 is 7.82 Å². The molecule has 0 aromatic rings. The van der Waals surface area contributed by atoms with Gasteiger partial charge in [-0.2, -0.15) is 0 Å². The van der Waals surface area contributed by atoms with E-state index in [0.717, 1.165) is 77.0 Å². The van der Waals surface area contributed by atoms with Gasteiger partial charge in [-0.3, -0.25) is 13.8 Å². The van der Waals surface area contributed by atoms with Gasteiger partial charge in [0.15, 0.2) is 0 Å². The quantitative estimate of drug-likeness (QED) is 0.0237. The zero-order valence-corrected chi connectivity index (χ0v) is 38.1. The summed E-state index contributed by atoms with van der Waals surface area (Å²) in [4.78, 5) is 22.6. The van der Waals surface area contributed by atoms with E-state index in [1.807, 2.05) is 0 Å². The lowest BCUT2D eigenvalue weighted by Crippen LogP contribution is -2.29. The maximum Gasteiger partial charge on any atom is 0.472 e. The number of phosphoric acid groups is 1. The largest absolute Gasteiger partial charge is 0.472 e. The number of unbranched alkanes of at least 4 members (excludes halogenated alkanes) is 15. The zero-order chi connectivity index (χ0) is 43.2. The molecular formula is C49H85O9P. The van der Waals surface area contributed by atoms with Crippen LogP contribution < -0.4 is 0 Å². The minimum atomic E-state index is -4.54. The van der Waals surface area contributed by atoms with Crippen LogP contribution in [0.3, 0.4) is 0 Å². The first-order valence-electron chi connectivity index (χ1n) is 23.1. The summed E-state index contributed by atoms with van der Waals surface area (Å²) < 4.78 is 33.3. The van der Waals surface area contributed by atoms with Gasteiger partial charge in [-0.25, -0.2) is 4.57 Å². The Morgan fingerprint density at radius 1 is 0.542 bits per heavy atom. The molecule has 0 saturated carbocycles. The summed E-state index contributed by atoms with van der Waals surface area (Å²) in [5.74, 6) is -0.409. The van der Waals surface area contributed by atoms with Crippen LogP contribution in [0.4, 0.5) is 0 Å². The molecule has 3 unspecified atom stereocenters. The highest BCUT2D eigenvalue weighted by Crippen LogP contribution is 2.43. The first-order chi connectivity index (χ1) is 28.8. The van der Waals surface area contributed by atoms with Gasteiger partial charge in [0.25, 0.3) is 0 Å². The molecule has 0 aromatic carbocycles. The normalized spacial score (nSPS) is 14.7. The van der Waals surface area contributed by atoms with E-state index in [-0.39, 0.29) is 13.0 Å². The monoisotopic (exact) mass is 849 g/mol. The van der Waals surface area contributed by atoms with Gasteiger partial charge < -0.3 is 24.6 Å². The van der Waals surface area contributed by atoms with E-state index < -0.39 is 45.8 Å². The van der Waals surface area contributed by atoms with Gasteiger partial charge in [0.2, 0.25) is 0 Å². The summed E-state index contributed by atoms with van der Waals surface area (Å²) in [6.07, 6.45) is 55.5. The van der Waals surface area contributed by atoms with Crippen LogP contribution in [0.25, 0.3) is 0 Å². The van der Waals surface area contributed by atoms with Crippen molar-refractivity contribution in [3.05, 3.63) is 85.1 Å². The Balaban J connectivity index is 4.27. The molecule has 0 amide bonds. The van der Waals surface area contributed by atoms with Crippen molar-refractivity contribution < 1.29 is 43.0 Å². The van der Waals surface area contributed by atoms with Gasteiger partial charge in [-0.1, -0.05) is 170 Å².